The van der Waals surface area contributed by atoms with Crippen LogP contribution in [0.1, 0.15) is 19.8 Å². The molecule has 0 saturated carbocycles. The van der Waals surface area contributed by atoms with E-state index in [0.717, 1.165) is 0 Å². The van der Waals surface area contributed by atoms with Crippen molar-refractivity contribution >= 4 is 17.7 Å². The molecule has 0 aromatic carbocycles. The zero-order valence-electron chi connectivity index (χ0n) is 11.1. The normalized spacial score (nSPS) is 30.3. The monoisotopic (exact) mass is 269 g/mol. The molecule has 2 aliphatic heterocycles. The van der Waals surface area contributed by atoms with Crippen LogP contribution in [0.15, 0.2) is 0 Å². The summed E-state index contributed by atoms with van der Waals surface area (Å²) in [6.45, 7) is 2.27. The maximum Gasteiger partial charge on any atom is 0.242 e. The van der Waals surface area contributed by atoms with Gasteiger partial charge in [0, 0.05) is 26.6 Å². The number of amides is 3. The van der Waals surface area contributed by atoms with Gasteiger partial charge in [0.25, 0.3) is 0 Å². The number of rotatable bonds is 3. The molecule has 0 aromatic heterocycles. The number of hydrogen-bond donors (Lipinski definition) is 2. The van der Waals surface area contributed by atoms with Crippen molar-refractivity contribution < 1.29 is 19.5 Å². The van der Waals surface area contributed by atoms with Crippen molar-refractivity contribution in [2.45, 2.75) is 31.9 Å². The summed E-state index contributed by atoms with van der Waals surface area (Å²) in [4.78, 5) is 38.2. The van der Waals surface area contributed by atoms with Gasteiger partial charge in [-0.1, -0.05) is 0 Å². The van der Waals surface area contributed by atoms with Crippen molar-refractivity contribution in [1.82, 2.24) is 9.80 Å². The van der Waals surface area contributed by atoms with Gasteiger partial charge in [0.1, 0.15) is 6.04 Å². The van der Waals surface area contributed by atoms with Crippen LogP contribution < -0.4 is 5.73 Å². The van der Waals surface area contributed by atoms with Gasteiger partial charge in [0.15, 0.2) is 0 Å². The van der Waals surface area contributed by atoms with Gasteiger partial charge in [-0.25, -0.2) is 0 Å². The van der Waals surface area contributed by atoms with Gasteiger partial charge >= 0.3 is 0 Å². The Balaban J connectivity index is 2.11. The molecule has 2 heterocycles. The summed E-state index contributed by atoms with van der Waals surface area (Å²) in [5.74, 6) is -1.04. The molecule has 3 amide bonds. The molecule has 2 fully saturated rings. The molecule has 0 radical (unpaired) electrons. The molecule has 2 aliphatic rings. The van der Waals surface area contributed by atoms with E-state index in [-0.39, 0.29) is 18.2 Å². The zero-order chi connectivity index (χ0) is 14.4. The van der Waals surface area contributed by atoms with Crippen LogP contribution in [0.5, 0.6) is 0 Å². The van der Waals surface area contributed by atoms with Crippen molar-refractivity contribution in [3.8, 4) is 0 Å². The maximum atomic E-state index is 12.3. The van der Waals surface area contributed by atoms with Gasteiger partial charge < -0.3 is 20.6 Å². The van der Waals surface area contributed by atoms with Crippen molar-refractivity contribution in [3.63, 3.8) is 0 Å². The first-order valence-electron chi connectivity index (χ1n) is 6.31. The van der Waals surface area contributed by atoms with Crippen LogP contribution in [0.4, 0.5) is 0 Å². The minimum atomic E-state index is -1.01. The lowest BCUT2D eigenvalue weighted by molar-refractivity contribution is -0.179. The predicted octanol–water partition coefficient (Wildman–Crippen LogP) is -1.70. The first-order chi connectivity index (χ1) is 8.78. The molecule has 0 aliphatic carbocycles. The third-order valence-corrected chi connectivity index (χ3v) is 4.11. The van der Waals surface area contributed by atoms with Crippen LogP contribution in [0.3, 0.4) is 0 Å². The molecule has 1 spiro atoms. The fourth-order valence-electron chi connectivity index (χ4n) is 2.89. The molecule has 19 heavy (non-hydrogen) atoms. The van der Waals surface area contributed by atoms with Crippen molar-refractivity contribution in [1.29, 1.82) is 0 Å². The number of primary amides is 1. The Bertz CT molecular complexity index is 437. The lowest BCUT2D eigenvalue weighted by Gasteiger charge is -2.53. The summed E-state index contributed by atoms with van der Waals surface area (Å²) >= 11 is 0. The maximum absolute atomic E-state index is 12.3. The first kappa shape index (κ1) is 13.8. The van der Waals surface area contributed by atoms with Crippen molar-refractivity contribution in [2.24, 2.45) is 11.1 Å². The van der Waals surface area contributed by atoms with E-state index in [1.165, 1.54) is 11.8 Å². The number of nitrogens with two attached hydrogens (primary N) is 1. The highest BCUT2D eigenvalue weighted by atomic mass is 16.3. The lowest BCUT2D eigenvalue weighted by atomic mass is 9.70. The van der Waals surface area contributed by atoms with E-state index in [1.807, 2.05) is 0 Å². The Kier molecular flexibility index (Phi) is 3.25. The number of carbonyl (C=O) groups is 3. The Morgan fingerprint density at radius 3 is 2.53 bits per heavy atom. The largest absolute Gasteiger partial charge is 0.391 e. The van der Waals surface area contributed by atoms with E-state index in [4.69, 9.17) is 5.73 Å². The minimum absolute atomic E-state index is 0.0630. The molecule has 7 nitrogen and oxygen atoms in total. The van der Waals surface area contributed by atoms with E-state index in [1.54, 1.807) is 11.9 Å². The molecule has 2 saturated heterocycles. The van der Waals surface area contributed by atoms with Gasteiger partial charge in [-0.15, -0.1) is 0 Å². The van der Waals surface area contributed by atoms with Gasteiger partial charge in [-0.05, 0) is 13.3 Å². The first-order valence-corrected chi connectivity index (χ1v) is 6.31. The average Bonchev–Trinajstić information content (AvgIpc) is 2.32. The zero-order valence-corrected chi connectivity index (χ0v) is 11.1. The third-order valence-electron chi connectivity index (χ3n) is 4.11. The van der Waals surface area contributed by atoms with Gasteiger partial charge in [-0.3, -0.25) is 14.4 Å². The molecule has 1 unspecified atom stereocenters. The Labute approximate surface area is 111 Å². The van der Waals surface area contributed by atoms with E-state index in [9.17, 15) is 19.5 Å². The lowest BCUT2D eigenvalue weighted by Crippen LogP contribution is -2.71. The van der Waals surface area contributed by atoms with Crippen LogP contribution in [-0.4, -0.2) is 64.9 Å². The van der Waals surface area contributed by atoms with E-state index >= 15 is 0 Å². The molecule has 0 bridgehead atoms. The molecule has 2 rings (SSSR count). The quantitative estimate of drug-likeness (QED) is 0.596. The topological polar surface area (TPSA) is 104 Å². The highest BCUT2D eigenvalue weighted by molar-refractivity contribution is 5.97. The second kappa shape index (κ2) is 4.48. The minimum Gasteiger partial charge on any atom is -0.391 e. The standard InChI is InChI=1S/C12H19N3O4/c1-7(16)9(10(13)18)15-6-12(11(15)19)3-4-14(2)8(17)5-12/h7,9,16H,3-6H2,1-2H3,(H2,13,18)/t7-,9+,12?/m1/s1. The molecular weight excluding hydrogens is 250 g/mol. The Hall–Kier alpha value is -1.63. The number of aliphatic hydroxyl groups excluding tert-OH is 1. The van der Waals surface area contributed by atoms with Gasteiger partial charge in [0.05, 0.1) is 11.5 Å². The van der Waals surface area contributed by atoms with E-state index in [0.29, 0.717) is 19.5 Å². The van der Waals surface area contributed by atoms with E-state index in [2.05, 4.69) is 0 Å². The summed E-state index contributed by atoms with van der Waals surface area (Å²) in [6, 6.07) is -1.01. The van der Waals surface area contributed by atoms with Crippen LogP contribution in [0.2, 0.25) is 0 Å². The molecule has 0 aromatic rings. The van der Waals surface area contributed by atoms with Crippen LogP contribution >= 0.6 is 0 Å². The average molecular weight is 269 g/mol. The van der Waals surface area contributed by atoms with Gasteiger partial charge in [0.2, 0.25) is 17.7 Å². The van der Waals surface area contributed by atoms with Crippen molar-refractivity contribution in [2.75, 3.05) is 20.1 Å². The number of likely N-dealkylation sites (tertiary alicyclic amines) is 2. The summed E-state index contributed by atoms with van der Waals surface area (Å²) in [5, 5.41) is 9.55. The number of β-lactam (4-membered cyclic amide) rings is 1. The predicted molar refractivity (Wildman–Crippen MR) is 65.7 cm³/mol. The van der Waals surface area contributed by atoms with Crippen LogP contribution in [0, 0.1) is 5.41 Å². The number of aliphatic hydroxyl groups is 1. The Morgan fingerprint density at radius 2 is 2.11 bits per heavy atom. The fraction of sp³-hybridized carbons (Fsp3) is 0.750. The smallest absolute Gasteiger partial charge is 0.242 e. The summed E-state index contributed by atoms with van der Waals surface area (Å²) in [7, 11) is 1.71. The Morgan fingerprint density at radius 1 is 1.47 bits per heavy atom. The molecular formula is C12H19N3O4. The van der Waals surface area contributed by atoms with Crippen LogP contribution in [-0.2, 0) is 14.4 Å². The number of piperidine rings is 1. The summed E-state index contributed by atoms with van der Waals surface area (Å²) in [6.07, 6.45) is -0.249. The third kappa shape index (κ3) is 2.07. The highest BCUT2D eigenvalue weighted by Crippen LogP contribution is 2.43. The second-order valence-corrected chi connectivity index (χ2v) is 5.54. The van der Waals surface area contributed by atoms with Crippen molar-refractivity contribution in [3.05, 3.63) is 0 Å². The number of hydrogen-bond acceptors (Lipinski definition) is 4. The highest BCUT2D eigenvalue weighted by Gasteiger charge is 2.58. The molecule has 3 N–H and O–H groups in total. The number of carbonyl (C=O) groups excluding carboxylic acids is 3. The SMILES string of the molecule is C[C@@H](O)[C@@H](C(N)=O)N1CC2(CCN(C)C(=O)C2)C1=O. The second-order valence-electron chi connectivity index (χ2n) is 5.54. The molecule has 106 valence electrons. The molecule has 3 atom stereocenters. The van der Waals surface area contributed by atoms with E-state index < -0.39 is 23.5 Å². The van der Waals surface area contributed by atoms with Crippen LogP contribution in [0.25, 0.3) is 0 Å². The summed E-state index contributed by atoms with van der Waals surface area (Å²) in [5.41, 5.74) is 4.52. The molecule has 7 heteroatoms. The summed E-state index contributed by atoms with van der Waals surface area (Å²) < 4.78 is 0. The number of nitrogens with zero attached hydrogens (tertiary/aromatic N) is 2. The van der Waals surface area contributed by atoms with Gasteiger partial charge in [-0.2, -0.15) is 0 Å². The fourth-order valence-corrected chi connectivity index (χ4v) is 2.89.